The van der Waals surface area contributed by atoms with Crippen LogP contribution in [0.3, 0.4) is 0 Å². The second kappa shape index (κ2) is 7.63. The van der Waals surface area contributed by atoms with Crippen molar-refractivity contribution in [1.82, 2.24) is 0 Å². The lowest BCUT2D eigenvalue weighted by Gasteiger charge is -2.27. The molecule has 1 aliphatic heterocycles. The monoisotopic (exact) mass is 387 g/mol. The van der Waals surface area contributed by atoms with Gasteiger partial charge in [-0.2, -0.15) is 0 Å². The molecule has 3 rings (SSSR count). The van der Waals surface area contributed by atoms with Gasteiger partial charge in [-0.15, -0.1) is 0 Å². The number of benzene rings is 2. The minimum Gasteiger partial charge on any atom is -0.508 e. The molecule has 0 aliphatic carbocycles. The summed E-state index contributed by atoms with van der Waals surface area (Å²) in [6, 6.07) is 13.3. The van der Waals surface area contributed by atoms with Crippen molar-refractivity contribution in [3.63, 3.8) is 0 Å². The first-order valence-electron chi connectivity index (χ1n) is 8.10. The van der Waals surface area contributed by atoms with Crippen LogP contribution < -0.4 is 4.90 Å². The number of amides is 1. The number of hydrogen-bond donors (Lipinski definition) is 1. The number of nitrogens with zero attached hydrogens (tertiary/aromatic N) is 1. The number of para-hydroxylation sites is 1. The van der Waals surface area contributed by atoms with Gasteiger partial charge in [0.25, 0.3) is 5.91 Å². The van der Waals surface area contributed by atoms with Gasteiger partial charge >= 0.3 is 5.97 Å². The Morgan fingerprint density at radius 3 is 2.33 bits per heavy atom. The number of anilines is 1. The van der Waals surface area contributed by atoms with Crippen LogP contribution in [0.2, 0.25) is 0 Å². The summed E-state index contributed by atoms with van der Waals surface area (Å²) in [6.45, 7) is -0.543. The van der Waals surface area contributed by atoms with E-state index in [0.29, 0.717) is 5.69 Å². The minimum absolute atomic E-state index is 0.00658. The summed E-state index contributed by atoms with van der Waals surface area (Å²) in [6.07, 6.45) is 1.45. The van der Waals surface area contributed by atoms with Crippen molar-refractivity contribution < 1.29 is 27.9 Å². The highest BCUT2D eigenvalue weighted by atomic mass is 32.2. The van der Waals surface area contributed by atoms with E-state index in [1.807, 2.05) is 0 Å². The zero-order chi connectivity index (χ0) is 19.4. The van der Waals surface area contributed by atoms with Crippen LogP contribution in [0.15, 0.2) is 66.1 Å². The summed E-state index contributed by atoms with van der Waals surface area (Å²) in [4.78, 5) is 26.1. The third kappa shape index (κ3) is 4.53. The number of sulfone groups is 1. The molecule has 0 saturated heterocycles. The number of carbonyl (C=O) groups excluding carboxylic acids is 2. The van der Waals surface area contributed by atoms with E-state index in [-0.39, 0.29) is 17.1 Å². The third-order valence-electron chi connectivity index (χ3n) is 3.98. The fourth-order valence-corrected chi connectivity index (χ4v) is 3.97. The molecule has 1 heterocycles. The predicted molar refractivity (Wildman–Crippen MR) is 99.0 cm³/mol. The molecule has 27 heavy (non-hydrogen) atoms. The maximum absolute atomic E-state index is 12.7. The topological polar surface area (TPSA) is 101 Å². The number of aromatic hydroxyl groups is 1. The van der Waals surface area contributed by atoms with Gasteiger partial charge in [0.2, 0.25) is 0 Å². The summed E-state index contributed by atoms with van der Waals surface area (Å²) in [5, 5.41) is 10.3. The van der Waals surface area contributed by atoms with Crippen LogP contribution in [0.4, 0.5) is 5.69 Å². The lowest BCUT2D eigenvalue weighted by molar-refractivity contribution is -0.121. The summed E-state index contributed by atoms with van der Waals surface area (Å²) in [5.41, 5.74) is 0.699. The lowest BCUT2D eigenvalue weighted by Crippen LogP contribution is -2.43. The molecule has 1 aliphatic rings. The Morgan fingerprint density at radius 1 is 1.07 bits per heavy atom. The SMILES string of the molecule is O=C(OCC(=O)N(c1ccccc1)[C@H]1C=CS(=O)(=O)C1)c1ccc(O)cc1. The maximum Gasteiger partial charge on any atom is 0.338 e. The fraction of sp³-hybridized carbons (Fsp3) is 0.158. The van der Waals surface area contributed by atoms with Crippen molar-refractivity contribution in [2.24, 2.45) is 0 Å². The van der Waals surface area contributed by atoms with E-state index in [0.717, 1.165) is 5.41 Å². The number of ether oxygens (including phenoxy) is 1. The molecule has 7 nitrogen and oxygen atoms in total. The highest BCUT2D eigenvalue weighted by Gasteiger charge is 2.31. The van der Waals surface area contributed by atoms with Gasteiger partial charge in [0.15, 0.2) is 16.4 Å². The molecule has 1 N–H and O–H groups in total. The first kappa shape index (κ1) is 18.7. The van der Waals surface area contributed by atoms with Gasteiger partial charge in [0.1, 0.15) is 5.75 Å². The first-order valence-corrected chi connectivity index (χ1v) is 9.81. The predicted octanol–water partition coefficient (Wildman–Crippen LogP) is 1.89. The molecular formula is C19H17NO6S. The first-order chi connectivity index (χ1) is 12.9. The van der Waals surface area contributed by atoms with Crippen molar-refractivity contribution in [2.45, 2.75) is 6.04 Å². The molecule has 0 radical (unpaired) electrons. The number of rotatable bonds is 5. The fourth-order valence-electron chi connectivity index (χ4n) is 2.71. The highest BCUT2D eigenvalue weighted by molar-refractivity contribution is 7.94. The quantitative estimate of drug-likeness (QED) is 0.787. The summed E-state index contributed by atoms with van der Waals surface area (Å²) in [5.74, 6) is -1.47. The molecule has 0 bridgehead atoms. The van der Waals surface area contributed by atoms with Crippen molar-refractivity contribution in [3.05, 3.63) is 71.6 Å². The minimum atomic E-state index is -3.37. The number of phenolic OH excluding ortho intramolecular Hbond substituents is 1. The van der Waals surface area contributed by atoms with Crippen LogP contribution in [-0.2, 0) is 19.4 Å². The zero-order valence-electron chi connectivity index (χ0n) is 14.2. The third-order valence-corrected chi connectivity index (χ3v) is 5.35. The van der Waals surface area contributed by atoms with Gasteiger partial charge in [-0.3, -0.25) is 4.79 Å². The van der Waals surface area contributed by atoms with Crippen LogP contribution in [0, 0.1) is 0 Å². The zero-order valence-corrected chi connectivity index (χ0v) is 15.0. The van der Waals surface area contributed by atoms with Gasteiger partial charge in [-0.1, -0.05) is 18.2 Å². The Kier molecular flexibility index (Phi) is 5.27. The van der Waals surface area contributed by atoms with Crippen molar-refractivity contribution in [1.29, 1.82) is 0 Å². The van der Waals surface area contributed by atoms with E-state index in [9.17, 15) is 23.1 Å². The average molecular weight is 387 g/mol. The van der Waals surface area contributed by atoms with Crippen LogP contribution in [0.1, 0.15) is 10.4 Å². The molecule has 1 atom stereocenters. The normalized spacial score (nSPS) is 17.4. The summed E-state index contributed by atoms with van der Waals surface area (Å²) < 4.78 is 28.6. The second-order valence-corrected chi connectivity index (χ2v) is 7.88. The largest absolute Gasteiger partial charge is 0.508 e. The Bertz CT molecular complexity index is 967. The Balaban J connectivity index is 1.74. The maximum atomic E-state index is 12.7. The Morgan fingerprint density at radius 2 is 1.74 bits per heavy atom. The molecule has 0 saturated carbocycles. The van der Waals surface area contributed by atoms with E-state index >= 15 is 0 Å². The molecule has 0 fully saturated rings. The van der Waals surface area contributed by atoms with Crippen molar-refractivity contribution in [3.8, 4) is 5.75 Å². The van der Waals surface area contributed by atoms with Crippen molar-refractivity contribution >= 4 is 27.4 Å². The smallest absolute Gasteiger partial charge is 0.338 e. The van der Waals surface area contributed by atoms with Gasteiger partial charge < -0.3 is 14.7 Å². The molecule has 8 heteroatoms. The van der Waals surface area contributed by atoms with Gasteiger partial charge in [0.05, 0.1) is 17.4 Å². The van der Waals surface area contributed by atoms with Crippen LogP contribution >= 0.6 is 0 Å². The van der Waals surface area contributed by atoms with Crippen LogP contribution in [-0.4, -0.2) is 43.8 Å². The molecule has 0 unspecified atom stereocenters. The molecule has 0 aromatic heterocycles. The number of phenols is 1. The van der Waals surface area contributed by atoms with Crippen LogP contribution in [0.5, 0.6) is 5.75 Å². The van der Waals surface area contributed by atoms with Crippen molar-refractivity contribution in [2.75, 3.05) is 17.3 Å². The second-order valence-electron chi connectivity index (χ2n) is 5.95. The van der Waals surface area contributed by atoms with Crippen LogP contribution in [0.25, 0.3) is 0 Å². The van der Waals surface area contributed by atoms with E-state index in [4.69, 9.17) is 4.74 Å². The summed E-state index contributed by atoms with van der Waals surface area (Å²) in [7, 11) is -3.37. The average Bonchev–Trinajstić information content (AvgIpc) is 3.00. The molecule has 2 aromatic rings. The molecule has 140 valence electrons. The standard InChI is InChI=1S/C19H17NO6S/c21-17-8-6-14(7-9-17)19(23)26-12-18(22)20(15-4-2-1-3-5-15)16-10-11-27(24,25)13-16/h1-11,16,21H,12-13H2/t16-/m0/s1. The Labute approximate surface area is 156 Å². The Hall–Kier alpha value is -3.13. The van der Waals surface area contributed by atoms with E-state index in [1.54, 1.807) is 30.3 Å². The number of hydrogen-bond acceptors (Lipinski definition) is 6. The molecule has 1 amide bonds. The summed E-state index contributed by atoms with van der Waals surface area (Å²) >= 11 is 0. The molecule has 0 spiro atoms. The van der Waals surface area contributed by atoms with Gasteiger partial charge in [0, 0.05) is 11.1 Å². The lowest BCUT2D eigenvalue weighted by atomic mass is 10.2. The highest BCUT2D eigenvalue weighted by Crippen LogP contribution is 2.23. The molecular weight excluding hydrogens is 370 g/mol. The van der Waals surface area contributed by atoms with Gasteiger partial charge in [-0.05, 0) is 42.5 Å². The van der Waals surface area contributed by atoms with E-state index in [1.165, 1.54) is 35.2 Å². The van der Waals surface area contributed by atoms with E-state index < -0.39 is 34.4 Å². The number of carbonyl (C=O) groups is 2. The molecule has 2 aromatic carbocycles. The van der Waals surface area contributed by atoms with E-state index in [2.05, 4.69) is 0 Å². The number of esters is 1. The van der Waals surface area contributed by atoms with Gasteiger partial charge in [-0.25, -0.2) is 13.2 Å².